The van der Waals surface area contributed by atoms with Gasteiger partial charge in [-0.1, -0.05) is 6.92 Å². The Kier molecular flexibility index (Phi) is 4.34. The van der Waals surface area contributed by atoms with Gasteiger partial charge in [0, 0.05) is 7.11 Å². The molecule has 0 aromatic heterocycles. The molecule has 1 aliphatic heterocycles. The topological polar surface area (TPSA) is 40.2 Å². The van der Waals surface area contributed by atoms with E-state index in [9.17, 15) is 0 Å². The molecular formula is C8H18O4Si. The van der Waals surface area contributed by atoms with Crippen LogP contribution in [0.25, 0.3) is 0 Å². The molecule has 0 spiro atoms. The molecule has 0 aromatic carbocycles. The van der Waals surface area contributed by atoms with Gasteiger partial charge in [-0.25, -0.2) is 0 Å². The maximum atomic E-state index is 5.54. The quantitative estimate of drug-likeness (QED) is 0.271. The van der Waals surface area contributed by atoms with Crippen molar-refractivity contribution in [3.8, 4) is 0 Å². The first kappa shape index (κ1) is 11.1. The van der Waals surface area contributed by atoms with Crippen LogP contribution in [0.5, 0.6) is 0 Å². The van der Waals surface area contributed by atoms with Gasteiger partial charge in [0.05, 0.1) is 13.2 Å². The van der Waals surface area contributed by atoms with Crippen molar-refractivity contribution in [1.29, 1.82) is 0 Å². The summed E-state index contributed by atoms with van der Waals surface area (Å²) >= 11 is 0. The van der Waals surface area contributed by atoms with E-state index < -0.39 is 8.56 Å². The summed E-state index contributed by atoms with van der Waals surface area (Å²) in [6.07, 6.45) is 0.306. The Hall–Kier alpha value is 0.0569. The van der Waals surface area contributed by atoms with E-state index in [0.29, 0.717) is 19.5 Å². The van der Waals surface area contributed by atoms with Gasteiger partial charge in [-0.05, 0) is 12.6 Å². The summed E-state index contributed by atoms with van der Waals surface area (Å²) in [6, 6.07) is 0.937. The summed E-state index contributed by atoms with van der Waals surface area (Å²) in [5, 5.41) is 0. The van der Waals surface area contributed by atoms with Crippen LogP contribution in [-0.2, 0) is 18.3 Å². The van der Waals surface area contributed by atoms with Gasteiger partial charge in [-0.2, -0.15) is 0 Å². The average molecular weight is 206 g/mol. The summed E-state index contributed by atoms with van der Waals surface area (Å²) in [7, 11) is -0.221. The van der Waals surface area contributed by atoms with Crippen molar-refractivity contribution < 1.29 is 18.3 Å². The average Bonchev–Trinajstić information content (AvgIpc) is 2.96. The molecule has 0 radical (unpaired) electrons. The van der Waals surface area contributed by atoms with Gasteiger partial charge in [-0.15, -0.1) is 0 Å². The van der Waals surface area contributed by atoms with Crippen LogP contribution in [0.1, 0.15) is 6.92 Å². The van der Waals surface area contributed by atoms with E-state index in [4.69, 9.17) is 18.3 Å². The Bertz CT molecular complexity index is 145. The fourth-order valence-electron chi connectivity index (χ4n) is 0.815. The molecule has 0 aliphatic carbocycles. The second-order valence-electron chi connectivity index (χ2n) is 3.28. The summed E-state index contributed by atoms with van der Waals surface area (Å²) in [5.74, 6) is 0. The highest BCUT2D eigenvalue weighted by atomic mass is 28.4. The number of hydrogen-bond acceptors (Lipinski definition) is 4. The highest BCUT2D eigenvalue weighted by molar-refractivity contribution is 6.65. The highest BCUT2D eigenvalue weighted by Crippen LogP contribution is 2.12. The smallest absolute Gasteiger partial charge is 0.336 e. The molecular weight excluding hydrogens is 188 g/mol. The van der Waals surface area contributed by atoms with Gasteiger partial charge in [0.15, 0.2) is 0 Å². The van der Waals surface area contributed by atoms with Crippen LogP contribution in [0, 0.1) is 0 Å². The van der Waals surface area contributed by atoms with E-state index in [1.165, 1.54) is 0 Å². The van der Waals surface area contributed by atoms with Gasteiger partial charge >= 0.3 is 8.56 Å². The number of hydrogen-bond donors (Lipinski definition) is 0. The second-order valence-corrected chi connectivity index (χ2v) is 6.95. The van der Waals surface area contributed by atoms with E-state index in [0.717, 1.165) is 12.7 Å². The third-order valence-electron chi connectivity index (χ3n) is 2.23. The van der Waals surface area contributed by atoms with Gasteiger partial charge in [0.2, 0.25) is 0 Å². The van der Waals surface area contributed by atoms with Crippen LogP contribution in [-0.4, -0.2) is 41.8 Å². The molecule has 13 heavy (non-hydrogen) atoms. The molecule has 1 heterocycles. The minimum atomic E-state index is -1.91. The monoisotopic (exact) mass is 206 g/mol. The van der Waals surface area contributed by atoms with E-state index in [1.807, 2.05) is 6.55 Å². The molecule has 4 nitrogen and oxygen atoms in total. The zero-order chi connectivity index (χ0) is 9.73. The van der Waals surface area contributed by atoms with E-state index in [1.54, 1.807) is 7.11 Å². The zero-order valence-corrected chi connectivity index (χ0v) is 9.54. The molecule has 1 fully saturated rings. The molecule has 2 atom stereocenters. The van der Waals surface area contributed by atoms with Crippen LogP contribution in [0.2, 0.25) is 12.6 Å². The number of rotatable bonds is 7. The maximum Gasteiger partial charge on any atom is 0.336 e. The van der Waals surface area contributed by atoms with Crippen molar-refractivity contribution in [2.75, 3.05) is 27.1 Å². The summed E-state index contributed by atoms with van der Waals surface area (Å²) in [5.41, 5.74) is 0. The molecule has 1 saturated heterocycles. The molecule has 0 aromatic rings. The van der Waals surface area contributed by atoms with Crippen LogP contribution < -0.4 is 0 Å². The van der Waals surface area contributed by atoms with Gasteiger partial charge in [0.1, 0.15) is 12.9 Å². The predicted molar refractivity (Wildman–Crippen MR) is 50.8 cm³/mol. The lowest BCUT2D eigenvalue weighted by Gasteiger charge is -2.23. The van der Waals surface area contributed by atoms with Crippen molar-refractivity contribution in [3.63, 3.8) is 0 Å². The minimum Gasteiger partial charge on any atom is -0.398 e. The Labute approximate surface area is 80.4 Å². The fourth-order valence-corrected chi connectivity index (χ4v) is 1.76. The van der Waals surface area contributed by atoms with Crippen molar-refractivity contribution in [3.05, 3.63) is 0 Å². The van der Waals surface area contributed by atoms with Crippen LogP contribution in [0.15, 0.2) is 0 Å². The lowest BCUT2D eigenvalue weighted by molar-refractivity contribution is -0.0116. The van der Waals surface area contributed by atoms with E-state index in [2.05, 4.69) is 6.92 Å². The maximum absolute atomic E-state index is 5.54. The largest absolute Gasteiger partial charge is 0.398 e. The predicted octanol–water partition coefficient (Wildman–Crippen LogP) is 1.11. The normalized spacial score (nSPS) is 25.6. The molecule has 0 amide bonds. The van der Waals surface area contributed by atoms with E-state index in [-0.39, 0.29) is 0 Å². The number of epoxide rings is 1. The van der Waals surface area contributed by atoms with Gasteiger partial charge in [-0.3, -0.25) is 0 Å². The third kappa shape index (κ3) is 4.19. The van der Waals surface area contributed by atoms with Gasteiger partial charge in [0.25, 0.3) is 0 Å². The van der Waals surface area contributed by atoms with Crippen molar-refractivity contribution in [1.82, 2.24) is 0 Å². The molecule has 1 aliphatic rings. The summed E-state index contributed by atoms with van der Waals surface area (Å²) in [4.78, 5) is 0. The SMILES string of the molecule is CC[Si](C)(OC)OCOCC1CO1. The minimum absolute atomic E-state index is 0.306. The molecule has 5 heteroatoms. The fraction of sp³-hybridized carbons (Fsp3) is 1.00. The van der Waals surface area contributed by atoms with Crippen molar-refractivity contribution in [2.45, 2.75) is 25.6 Å². The Morgan fingerprint density at radius 1 is 1.54 bits per heavy atom. The lowest BCUT2D eigenvalue weighted by atomic mass is 10.5. The Balaban J connectivity index is 2.01. The first-order valence-electron chi connectivity index (χ1n) is 4.58. The van der Waals surface area contributed by atoms with Crippen LogP contribution in [0.4, 0.5) is 0 Å². The van der Waals surface area contributed by atoms with Crippen molar-refractivity contribution in [2.24, 2.45) is 0 Å². The Morgan fingerprint density at radius 2 is 2.23 bits per heavy atom. The third-order valence-corrected chi connectivity index (χ3v) is 5.10. The molecule has 0 saturated carbocycles. The molecule has 78 valence electrons. The number of ether oxygens (including phenoxy) is 2. The van der Waals surface area contributed by atoms with Crippen molar-refractivity contribution >= 4 is 8.56 Å². The Morgan fingerprint density at radius 3 is 2.69 bits per heavy atom. The lowest BCUT2D eigenvalue weighted by Crippen LogP contribution is -2.37. The summed E-state index contributed by atoms with van der Waals surface area (Å²) in [6.45, 7) is 5.89. The molecule has 1 rings (SSSR count). The van der Waals surface area contributed by atoms with E-state index >= 15 is 0 Å². The van der Waals surface area contributed by atoms with Crippen LogP contribution >= 0.6 is 0 Å². The first-order chi connectivity index (χ1) is 6.20. The van der Waals surface area contributed by atoms with Gasteiger partial charge < -0.3 is 18.3 Å². The summed E-state index contributed by atoms with van der Waals surface area (Å²) < 4.78 is 21.1. The molecule has 0 N–H and O–H groups in total. The molecule has 2 unspecified atom stereocenters. The standard InChI is InChI=1S/C8H18O4Si/c1-4-13(3,9-2)12-7-10-5-8-6-11-8/h8H,4-7H2,1-3H3. The van der Waals surface area contributed by atoms with Crippen LogP contribution in [0.3, 0.4) is 0 Å². The highest BCUT2D eigenvalue weighted by Gasteiger charge is 2.28. The zero-order valence-electron chi connectivity index (χ0n) is 8.54. The molecule has 0 bridgehead atoms. The second kappa shape index (κ2) is 5.07. The first-order valence-corrected chi connectivity index (χ1v) is 7.11.